The summed E-state index contributed by atoms with van der Waals surface area (Å²) in [4.78, 5) is 14.3. The van der Waals surface area contributed by atoms with Gasteiger partial charge in [-0.2, -0.15) is 0 Å². The molecule has 5 heteroatoms. The summed E-state index contributed by atoms with van der Waals surface area (Å²) < 4.78 is 5.91. The summed E-state index contributed by atoms with van der Waals surface area (Å²) in [5.41, 5.74) is 3.41. The Morgan fingerprint density at radius 1 is 1.12 bits per heavy atom. The maximum Gasteiger partial charge on any atom is 0.227 e. The maximum atomic E-state index is 12.4. The number of benzene rings is 2. The van der Waals surface area contributed by atoms with E-state index in [0.29, 0.717) is 13.0 Å². The Labute approximate surface area is 155 Å². The van der Waals surface area contributed by atoms with E-state index in [1.165, 1.54) is 11.1 Å². The second kappa shape index (κ2) is 9.44. The third-order valence-corrected chi connectivity index (χ3v) is 4.38. The molecule has 2 aromatic rings. The van der Waals surface area contributed by atoms with Crippen molar-refractivity contribution in [3.8, 4) is 5.75 Å². The molecule has 2 aromatic carbocycles. The molecule has 0 aromatic heterocycles. The van der Waals surface area contributed by atoms with Crippen LogP contribution in [0.3, 0.4) is 0 Å². The number of halogens is 1. The van der Waals surface area contributed by atoms with Crippen LogP contribution in [0.25, 0.3) is 0 Å². The van der Waals surface area contributed by atoms with Crippen molar-refractivity contribution in [3.63, 3.8) is 0 Å². The van der Waals surface area contributed by atoms with Gasteiger partial charge in [-0.15, -0.1) is 12.4 Å². The molecule has 0 spiro atoms. The number of piperazine rings is 1. The van der Waals surface area contributed by atoms with Crippen molar-refractivity contribution in [3.05, 3.63) is 65.2 Å². The number of carbonyl (C=O) groups excluding carboxylic acids is 1. The van der Waals surface area contributed by atoms with Crippen molar-refractivity contribution in [2.45, 2.75) is 20.0 Å². The lowest BCUT2D eigenvalue weighted by atomic mass is 10.1. The summed E-state index contributed by atoms with van der Waals surface area (Å²) in [6, 6.07) is 16.1. The van der Waals surface area contributed by atoms with E-state index in [1.807, 2.05) is 41.3 Å². The van der Waals surface area contributed by atoms with Gasteiger partial charge in [-0.25, -0.2) is 0 Å². The van der Waals surface area contributed by atoms with E-state index in [9.17, 15) is 4.79 Å². The third-order valence-electron chi connectivity index (χ3n) is 4.38. The van der Waals surface area contributed by atoms with Gasteiger partial charge in [-0.3, -0.25) is 4.79 Å². The molecule has 1 heterocycles. The highest BCUT2D eigenvalue weighted by Crippen LogP contribution is 2.17. The SMILES string of the molecule is Cc1ccccc1COc1cccc(CC(=O)N2CCNCC2)c1.Cl. The molecular formula is C20H25ClN2O2. The summed E-state index contributed by atoms with van der Waals surface area (Å²) >= 11 is 0. The Hall–Kier alpha value is -2.04. The van der Waals surface area contributed by atoms with Crippen LogP contribution in [-0.4, -0.2) is 37.0 Å². The van der Waals surface area contributed by atoms with Gasteiger partial charge in [0.15, 0.2) is 0 Å². The molecule has 4 nitrogen and oxygen atoms in total. The smallest absolute Gasteiger partial charge is 0.227 e. The van der Waals surface area contributed by atoms with Gasteiger partial charge in [0.2, 0.25) is 5.91 Å². The van der Waals surface area contributed by atoms with Crippen LogP contribution in [0.15, 0.2) is 48.5 Å². The Balaban J connectivity index is 0.00000225. The monoisotopic (exact) mass is 360 g/mol. The Bertz CT molecular complexity index is 700. The zero-order valence-corrected chi connectivity index (χ0v) is 15.3. The minimum atomic E-state index is 0. The first kappa shape index (κ1) is 19.3. The number of hydrogen-bond acceptors (Lipinski definition) is 3. The average Bonchev–Trinajstić information content (AvgIpc) is 2.62. The van der Waals surface area contributed by atoms with Gasteiger partial charge >= 0.3 is 0 Å². The zero-order chi connectivity index (χ0) is 16.8. The zero-order valence-electron chi connectivity index (χ0n) is 14.5. The van der Waals surface area contributed by atoms with Crippen molar-refractivity contribution in [2.24, 2.45) is 0 Å². The van der Waals surface area contributed by atoms with E-state index in [2.05, 4.69) is 24.4 Å². The van der Waals surface area contributed by atoms with E-state index < -0.39 is 0 Å². The fraction of sp³-hybridized carbons (Fsp3) is 0.350. The number of aryl methyl sites for hydroxylation is 1. The summed E-state index contributed by atoms with van der Waals surface area (Å²) in [6.45, 7) is 5.98. The van der Waals surface area contributed by atoms with Gasteiger partial charge in [-0.05, 0) is 35.7 Å². The van der Waals surface area contributed by atoms with Crippen molar-refractivity contribution in [1.29, 1.82) is 0 Å². The lowest BCUT2D eigenvalue weighted by Gasteiger charge is -2.27. The molecule has 0 saturated carbocycles. The topological polar surface area (TPSA) is 41.6 Å². The number of hydrogen-bond donors (Lipinski definition) is 1. The first-order valence-electron chi connectivity index (χ1n) is 8.47. The van der Waals surface area contributed by atoms with Gasteiger partial charge in [0, 0.05) is 26.2 Å². The average molecular weight is 361 g/mol. The molecule has 0 bridgehead atoms. The van der Waals surface area contributed by atoms with Crippen molar-refractivity contribution in [1.82, 2.24) is 10.2 Å². The predicted octanol–water partition coefficient (Wildman–Crippen LogP) is 2.97. The van der Waals surface area contributed by atoms with E-state index >= 15 is 0 Å². The molecule has 0 unspecified atom stereocenters. The normalized spacial score (nSPS) is 13.9. The molecule has 134 valence electrons. The highest BCUT2D eigenvalue weighted by Gasteiger charge is 2.16. The number of ether oxygens (including phenoxy) is 1. The highest BCUT2D eigenvalue weighted by atomic mass is 35.5. The fourth-order valence-corrected chi connectivity index (χ4v) is 2.88. The van der Waals surface area contributed by atoms with Crippen molar-refractivity contribution < 1.29 is 9.53 Å². The molecule has 1 amide bonds. The van der Waals surface area contributed by atoms with E-state index in [0.717, 1.165) is 37.5 Å². The van der Waals surface area contributed by atoms with Gasteiger partial charge in [0.25, 0.3) is 0 Å². The van der Waals surface area contributed by atoms with Crippen LogP contribution in [0.1, 0.15) is 16.7 Å². The van der Waals surface area contributed by atoms with E-state index in [-0.39, 0.29) is 18.3 Å². The Kier molecular flexibility index (Phi) is 7.29. The minimum Gasteiger partial charge on any atom is -0.489 e. The van der Waals surface area contributed by atoms with E-state index in [4.69, 9.17) is 4.74 Å². The van der Waals surface area contributed by atoms with Crippen LogP contribution in [0.2, 0.25) is 0 Å². The maximum absolute atomic E-state index is 12.4. The number of carbonyl (C=O) groups is 1. The molecule has 1 saturated heterocycles. The van der Waals surface area contributed by atoms with Crippen LogP contribution in [-0.2, 0) is 17.8 Å². The standard InChI is InChI=1S/C20H24N2O2.ClH/c1-16-5-2-3-7-18(16)15-24-19-8-4-6-17(13-19)14-20(23)22-11-9-21-10-12-22;/h2-8,13,21H,9-12,14-15H2,1H3;1H. The van der Waals surface area contributed by atoms with Crippen molar-refractivity contribution >= 4 is 18.3 Å². The third kappa shape index (κ3) is 5.48. The fourth-order valence-electron chi connectivity index (χ4n) is 2.88. The van der Waals surface area contributed by atoms with Gasteiger partial charge in [0.05, 0.1) is 6.42 Å². The molecule has 1 aliphatic rings. The molecule has 1 N–H and O–H groups in total. The van der Waals surface area contributed by atoms with Crippen LogP contribution in [0.4, 0.5) is 0 Å². The summed E-state index contributed by atoms with van der Waals surface area (Å²) in [5.74, 6) is 0.997. The van der Waals surface area contributed by atoms with Crippen LogP contribution < -0.4 is 10.1 Å². The lowest BCUT2D eigenvalue weighted by Crippen LogP contribution is -2.46. The molecule has 0 aliphatic carbocycles. The van der Waals surface area contributed by atoms with Gasteiger partial charge in [-0.1, -0.05) is 36.4 Å². The van der Waals surface area contributed by atoms with Crippen LogP contribution in [0.5, 0.6) is 5.75 Å². The molecule has 1 fully saturated rings. The number of nitrogens with zero attached hydrogens (tertiary/aromatic N) is 1. The number of rotatable bonds is 5. The quantitative estimate of drug-likeness (QED) is 0.891. The first-order valence-corrected chi connectivity index (χ1v) is 8.47. The Morgan fingerprint density at radius 2 is 1.88 bits per heavy atom. The Morgan fingerprint density at radius 3 is 2.64 bits per heavy atom. The van der Waals surface area contributed by atoms with Crippen LogP contribution in [0, 0.1) is 6.92 Å². The number of nitrogens with one attached hydrogen (secondary N) is 1. The predicted molar refractivity (Wildman–Crippen MR) is 102 cm³/mol. The molecule has 3 rings (SSSR count). The number of amides is 1. The lowest BCUT2D eigenvalue weighted by molar-refractivity contribution is -0.131. The second-order valence-corrected chi connectivity index (χ2v) is 6.17. The minimum absolute atomic E-state index is 0. The largest absolute Gasteiger partial charge is 0.489 e. The van der Waals surface area contributed by atoms with Gasteiger partial charge in [0.1, 0.15) is 12.4 Å². The second-order valence-electron chi connectivity index (χ2n) is 6.17. The highest BCUT2D eigenvalue weighted by molar-refractivity contribution is 5.85. The molecule has 0 atom stereocenters. The summed E-state index contributed by atoms with van der Waals surface area (Å²) in [6.07, 6.45) is 0.432. The molecular weight excluding hydrogens is 336 g/mol. The van der Waals surface area contributed by atoms with Gasteiger partial charge < -0.3 is 15.0 Å². The van der Waals surface area contributed by atoms with Crippen molar-refractivity contribution in [2.75, 3.05) is 26.2 Å². The molecule has 0 radical (unpaired) electrons. The molecule has 1 aliphatic heterocycles. The molecule has 25 heavy (non-hydrogen) atoms. The van der Waals surface area contributed by atoms with Crippen LogP contribution >= 0.6 is 12.4 Å². The van der Waals surface area contributed by atoms with E-state index in [1.54, 1.807) is 0 Å². The summed E-state index contributed by atoms with van der Waals surface area (Å²) in [7, 11) is 0. The first-order chi connectivity index (χ1) is 11.7. The summed E-state index contributed by atoms with van der Waals surface area (Å²) in [5, 5.41) is 3.27.